The maximum Gasteiger partial charge on any atom is 0.0667 e. The maximum atomic E-state index is 9.57. The van der Waals surface area contributed by atoms with Gasteiger partial charge in [0.25, 0.3) is 0 Å². The topological polar surface area (TPSA) is 39.3 Å². The van der Waals surface area contributed by atoms with Crippen LogP contribution in [0.4, 0.5) is 0 Å². The second kappa shape index (κ2) is 4.15. The van der Waals surface area contributed by atoms with Crippen LogP contribution in [0.1, 0.15) is 31.5 Å². The van der Waals surface area contributed by atoms with Crippen molar-refractivity contribution in [1.82, 2.24) is 9.88 Å². The van der Waals surface area contributed by atoms with Crippen LogP contribution in [-0.2, 0) is 0 Å². The first-order valence-electron chi connectivity index (χ1n) is 5.33. The smallest absolute Gasteiger partial charge is 0.0667 e. The van der Waals surface area contributed by atoms with E-state index in [0.29, 0.717) is 6.04 Å². The number of piperidine rings is 1. The van der Waals surface area contributed by atoms with Crippen LogP contribution in [0.2, 0.25) is 0 Å². The summed E-state index contributed by atoms with van der Waals surface area (Å²) < 4.78 is 0. The third-order valence-corrected chi connectivity index (χ3v) is 3.05. The molecule has 1 aromatic rings. The van der Waals surface area contributed by atoms with E-state index in [2.05, 4.69) is 22.9 Å². The summed E-state index contributed by atoms with van der Waals surface area (Å²) in [5, 5.41) is 9.57. The third-order valence-electron chi connectivity index (χ3n) is 3.05. The predicted octanol–water partition coefficient (Wildman–Crippen LogP) is 1.53. The van der Waals surface area contributed by atoms with E-state index >= 15 is 0 Å². The Bertz CT molecular complexity index is 271. The van der Waals surface area contributed by atoms with Gasteiger partial charge >= 0.3 is 0 Å². The highest BCUT2D eigenvalue weighted by Gasteiger charge is 2.22. The lowest BCUT2D eigenvalue weighted by molar-refractivity contribution is 0.0495. The summed E-state index contributed by atoms with van der Waals surface area (Å²) in [5.74, 6) is 0. The summed E-state index contributed by atoms with van der Waals surface area (Å²) in [6.45, 7) is 4.08. The minimum atomic E-state index is -0.138. The van der Waals surface area contributed by atoms with Crippen molar-refractivity contribution in [2.45, 2.75) is 31.9 Å². The van der Waals surface area contributed by atoms with Crippen LogP contribution in [0.5, 0.6) is 0 Å². The molecule has 1 aliphatic heterocycles. The van der Waals surface area contributed by atoms with Crippen LogP contribution in [0.25, 0.3) is 0 Å². The standard InChI is InChI=1S/C11H18N2O/c1-9(11-5-2-6-12-11)13-7-3-4-10(14)8-13/h2,5-6,9-10,12,14H,3-4,7-8H2,1H3/t9-,10+/m0/s1. The first-order chi connectivity index (χ1) is 6.77. The summed E-state index contributed by atoms with van der Waals surface area (Å²) in [6.07, 6.45) is 3.87. The van der Waals surface area contributed by atoms with E-state index in [1.54, 1.807) is 0 Å². The van der Waals surface area contributed by atoms with E-state index in [4.69, 9.17) is 0 Å². The number of aromatic amines is 1. The van der Waals surface area contributed by atoms with E-state index in [1.807, 2.05) is 12.3 Å². The molecule has 78 valence electrons. The van der Waals surface area contributed by atoms with E-state index in [0.717, 1.165) is 25.9 Å². The molecule has 14 heavy (non-hydrogen) atoms. The molecule has 0 radical (unpaired) electrons. The largest absolute Gasteiger partial charge is 0.392 e. The number of hydrogen-bond donors (Lipinski definition) is 2. The number of hydrogen-bond acceptors (Lipinski definition) is 2. The summed E-state index contributed by atoms with van der Waals surface area (Å²) in [5.41, 5.74) is 1.24. The van der Waals surface area contributed by atoms with Gasteiger partial charge in [-0.15, -0.1) is 0 Å². The van der Waals surface area contributed by atoms with Crippen molar-refractivity contribution in [2.24, 2.45) is 0 Å². The summed E-state index contributed by atoms with van der Waals surface area (Å²) in [7, 11) is 0. The van der Waals surface area contributed by atoms with E-state index < -0.39 is 0 Å². The molecule has 2 heterocycles. The minimum Gasteiger partial charge on any atom is -0.392 e. The van der Waals surface area contributed by atoms with Crippen LogP contribution in [0, 0.1) is 0 Å². The highest BCUT2D eigenvalue weighted by molar-refractivity contribution is 5.08. The molecular weight excluding hydrogens is 176 g/mol. The lowest BCUT2D eigenvalue weighted by atomic mass is 10.1. The molecule has 3 heteroatoms. The maximum absolute atomic E-state index is 9.57. The Morgan fingerprint density at radius 1 is 1.64 bits per heavy atom. The van der Waals surface area contributed by atoms with Crippen molar-refractivity contribution in [2.75, 3.05) is 13.1 Å². The number of aromatic nitrogens is 1. The molecule has 2 atom stereocenters. The Labute approximate surface area is 84.7 Å². The Morgan fingerprint density at radius 2 is 2.50 bits per heavy atom. The fourth-order valence-corrected chi connectivity index (χ4v) is 2.14. The first kappa shape index (κ1) is 9.74. The van der Waals surface area contributed by atoms with E-state index in [-0.39, 0.29) is 6.10 Å². The van der Waals surface area contributed by atoms with Crippen molar-refractivity contribution in [3.05, 3.63) is 24.0 Å². The van der Waals surface area contributed by atoms with Gasteiger partial charge in [0, 0.05) is 24.5 Å². The number of aliphatic hydroxyl groups excluding tert-OH is 1. The number of nitrogens with zero attached hydrogens (tertiary/aromatic N) is 1. The third kappa shape index (κ3) is 1.99. The predicted molar refractivity (Wildman–Crippen MR) is 56.0 cm³/mol. The number of nitrogens with one attached hydrogen (secondary N) is 1. The number of aliphatic hydroxyl groups is 1. The van der Waals surface area contributed by atoms with Crippen molar-refractivity contribution in [3.8, 4) is 0 Å². The van der Waals surface area contributed by atoms with Crippen LogP contribution in [0.3, 0.4) is 0 Å². The summed E-state index contributed by atoms with van der Waals surface area (Å²) in [4.78, 5) is 5.56. The van der Waals surface area contributed by atoms with Crippen molar-refractivity contribution in [3.63, 3.8) is 0 Å². The van der Waals surface area contributed by atoms with Gasteiger partial charge < -0.3 is 10.1 Å². The lowest BCUT2D eigenvalue weighted by Crippen LogP contribution is -2.39. The molecule has 3 nitrogen and oxygen atoms in total. The van der Waals surface area contributed by atoms with Gasteiger partial charge in [-0.3, -0.25) is 4.90 Å². The van der Waals surface area contributed by atoms with Crippen molar-refractivity contribution < 1.29 is 5.11 Å². The molecule has 1 aromatic heterocycles. The Balaban J connectivity index is 2.00. The van der Waals surface area contributed by atoms with Gasteiger partial charge in [-0.2, -0.15) is 0 Å². The molecule has 1 fully saturated rings. The first-order valence-corrected chi connectivity index (χ1v) is 5.33. The molecule has 0 saturated carbocycles. The fraction of sp³-hybridized carbons (Fsp3) is 0.636. The number of rotatable bonds is 2. The summed E-state index contributed by atoms with van der Waals surface area (Å²) >= 11 is 0. The van der Waals surface area contributed by atoms with Crippen LogP contribution < -0.4 is 0 Å². The molecule has 1 aliphatic rings. The van der Waals surface area contributed by atoms with Gasteiger partial charge in [-0.1, -0.05) is 0 Å². The van der Waals surface area contributed by atoms with E-state index in [1.165, 1.54) is 5.69 Å². The molecule has 0 aromatic carbocycles. The molecule has 1 saturated heterocycles. The van der Waals surface area contributed by atoms with E-state index in [9.17, 15) is 5.11 Å². The average Bonchev–Trinajstić information content (AvgIpc) is 2.69. The lowest BCUT2D eigenvalue weighted by Gasteiger charge is -2.34. The summed E-state index contributed by atoms with van der Waals surface area (Å²) in [6, 6.07) is 4.51. The number of likely N-dealkylation sites (tertiary alicyclic amines) is 1. The van der Waals surface area contributed by atoms with Crippen molar-refractivity contribution in [1.29, 1.82) is 0 Å². The Morgan fingerprint density at radius 3 is 3.14 bits per heavy atom. The monoisotopic (exact) mass is 194 g/mol. The quantitative estimate of drug-likeness (QED) is 0.749. The van der Waals surface area contributed by atoms with Gasteiger partial charge in [0.2, 0.25) is 0 Å². The van der Waals surface area contributed by atoms with Crippen LogP contribution in [-0.4, -0.2) is 34.2 Å². The van der Waals surface area contributed by atoms with Crippen molar-refractivity contribution >= 4 is 0 Å². The molecule has 2 rings (SSSR count). The van der Waals surface area contributed by atoms with Gasteiger partial charge in [0.15, 0.2) is 0 Å². The molecule has 0 bridgehead atoms. The zero-order valence-corrected chi connectivity index (χ0v) is 8.61. The molecule has 0 unspecified atom stereocenters. The van der Waals surface area contributed by atoms with Gasteiger partial charge in [-0.05, 0) is 38.4 Å². The fourth-order valence-electron chi connectivity index (χ4n) is 2.14. The van der Waals surface area contributed by atoms with Gasteiger partial charge in [0.1, 0.15) is 0 Å². The average molecular weight is 194 g/mol. The highest BCUT2D eigenvalue weighted by Crippen LogP contribution is 2.22. The SMILES string of the molecule is C[C@@H](c1ccc[nH]1)N1CCC[C@@H](O)C1. The second-order valence-electron chi connectivity index (χ2n) is 4.09. The molecule has 0 spiro atoms. The minimum absolute atomic E-state index is 0.138. The molecule has 2 N–H and O–H groups in total. The zero-order chi connectivity index (χ0) is 9.97. The van der Waals surface area contributed by atoms with Crippen LogP contribution in [0.15, 0.2) is 18.3 Å². The Kier molecular flexibility index (Phi) is 2.89. The number of H-pyrrole nitrogens is 1. The molecular formula is C11H18N2O. The molecule has 0 aliphatic carbocycles. The normalized spacial score (nSPS) is 26.3. The highest BCUT2D eigenvalue weighted by atomic mass is 16.3. The van der Waals surface area contributed by atoms with Crippen LogP contribution >= 0.6 is 0 Å². The zero-order valence-electron chi connectivity index (χ0n) is 8.61. The number of β-amino-alcohol motifs (C(OH)–C–C–N with tert-alkyl or cyclic N) is 1. The van der Waals surface area contributed by atoms with Gasteiger partial charge in [-0.25, -0.2) is 0 Å². The Hall–Kier alpha value is -0.800. The second-order valence-corrected chi connectivity index (χ2v) is 4.09. The molecule has 0 amide bonds. The van der Waals surface area contributed by atoms with Gasteiger partial charge in [0.05, 0.1) is 6.10 Å².